The minimum atomic E-state index is -1.50. The van der Waals surface area contributed by atoms with Gasteiger partial charge in [-0.25, -0.2) is 9.18 Å². The summed E-state index contributed by atoms with van der Waals surface area (Å²) in [5.41, 5.74) is 3.17. The largest absolute Gasteiger partial charge is 0.459 e. The number of rotatable bonds is 18. The van der Waals surface area contributed by atoms with Crippen molar-refractivity contribution in [1.29, 1.82) is 0 Å². The molecule has 1 amide bonds. The molecule has 0 aromatic heterocycles. The van der Waals surface area contributed by atoms with E-state index in [1.54, 1.807) is 23.1 Å². The summed E-state index contributed by atoms with van der Waals surface area (Å²) in [5, 5.41) is 27.0. The second-order valence-electron chi connectivity index (χ2n) is 17.0. The minimum absolute atomic E-state index is 0.0144. The molecule has 1 saturated heterocycles. The summed E-state index contributed by atoms with van der Waals surface area (Å²) in [6, 6.07) is 25.3. The number of hydrogen-bond acceptors (Lipinski definition) is 10. The van der Waals surface area contributed by atoms with E-state index < -0.39 is 30.1 Å². The van der Waals surface area contributed by atoms with E-state index >= 15 is 0 Å². The van der Waals surface area contributed by atoms with Gasteiger partial charge in [0.25, 0.3) is 0 Å². The molecule has 1 saturated carbocycles. The first-order valence-corrected chi connectivity index (χ1v) is 22.5. The molecule has 4 aromatic carbocycles. The molecular weight excluding hydrogens is 804 g/mol. The second-order valence-corrected chi connectivity index (χ2v) is 17.0. The van der Waals surface area contributed by atoms with Crippen LogP contribution in [0.15, 0.2) is 114 Å². The van der Waals surface area contributed by atoms with Gasteiger partial charge in [-0.2, -0.15) is 0 Å². The molecule has 0 spiro atoms. The van der Waals surface area contributed by atoms with Crippen LogP contribution in [0.2, 0.25) is 0 Å². The Hall–Kier alpha value is -5.27. The van der Waals surface area contributed by atoms with Crippen LogP contribution in [0.5, 0.6) is 17.2 Å². The highest BCUT2D eigenvalue weighted by Crippen LogP contribution is 2.62. The fourth-order valence-corrected chi connectivity index (χ4v) is 10.2. The number of amides is 1. The number of aliphatic hydroxyl groups is 2. The van der Waals surface area contributed by atoms with Crippen LogP contribution < -0.4 is 9.47 Å². The van der Waals surface area contributed by atoms with Gasteiger partial charge in [-0.05, 0) is 115 Å². The Bertz CT molecular complexity index is 2260. The van der Waals surface area contributed by atoms with E-state index in [0.717, 1.165) is 60.4 Å². The standard InChI is InChI=1S/C51H59FN2O9/c1-3-27-60-51-46(54(50(57)58-2)33-34-17-20-38(52)21-18-34)32-44(53-63-47-16-8-11-28-59-47)42-30-37(14-6-9-25-55)41(15-7-10-26-56)48(49(42)51)43-31-40(23-24-45(43)62-51)61-39-22-19-35-12-4-5-13-36(35)29-39/h3-5,12-13,17-24,29-31,37,41,46-49,55-56H,1,6-11,14-16,25-28,32-33H2,2H3/t37-,41+,46-,47?,48+,49+,51+/m0/s1. The monoisotopic (exact) mass is 862 g/mol. The van der Waals surface area contributed by atoms with Crippen LogP contribution in [0.3, 0.4) is 0 Å². The van der Waals surface area contributed by atoms with Crippen molar-refractivity contribution >= 4 is 22.6 Å². The third-order valence-electron chi connectivity index (χ3n) is 13.1. The Morgan fingerprint density at radius 3 is 2.46 bits per heavy atom. The number of fused-ring (bicyclic) bond motifs is 3. The van der Waals surface area contributed by atoms with Crippen LogP contribution in [0, 0.1) is 23.6 Å². The number of benzene rings is 4. The van der Waals surface area contributed by atoms with Crippen molar-refractivity contribution in [1.82, 2.24) is 4.90 Å². The number of aliphatic hydroxyl groups excluding tert-OH is 2. The molecule has 7 atom stereocenters. The third-order valence-corrected chi connectivity index (χ3v) is 13.1. The summed E-state index contributed by atoms with van der Waals surface area (Å²) >= 11 is 0. The maximum absolute atomic E-state index is 14.2. The third kappa shape index (κ3) is 9.65. The zero-order valence-electron chi connectivity index (χ0n) is 36.0. The highest BCUT2D eigenvalue weighted by atomic mass is 19.1. The van der Waals surface area contributed by atoms with Crippen LogP contribution >= 0.6 is 0 Å². The van der Waals surface area contributed by atoms with Crippen molar-refractivity contribution in [3.63, 3.8) is 0 Å². The van der Waals surface area contributed by atoms with E-state index in [4.69, 9.17) is 33.7 Å². The number of nitrogens with zero attached hydrogens (tertiary/aromatic N) is 2. The van der Waals surface area contributed by atoms with Crippen LogP contribution in [0.1, 0.15) is 81.3 Å². The van der Waals surface area contributed by atoms with Crippen molar-refractivity contribution in [3.05, 3.63) is 126 Å². The minimum Gasteiger partial charge on any atom is -0.459 e. The summed E-state index contributed by atoms with van der Waals surface area (Å²) < 4.78 is 46.8. The lowest BCUT2D eigenvalue weighted by Gasteiger charge is -2.59. The van der Waals surface area contributed by atoms with Crippen LogP contribution in [-0.2, 0) is 25.6 Å². The SMILES string of the molecule is C=CCO[C@@]12Oc3ccc(Oc4ccc5ccccc5c4)cc3[C@H]3[C@H](CCCCO)[C@@H](CCCCO)C=C(C(=NOC4CCCCO4)C[C@@H]1N(Cc1ccc(F)cc1)C(=O)OC)[C@H]32. The van der Waals surface area contributed by atoms with Gasteiger partial charge in [0.1, 0.15) is 29.1 Å². The van der Waals surface area contributed by atoms with Gasteiger partial charge in [-0.1, -0.05) is 72.6 Å². The molecule has 334 valence electrons. The van der Waals surface area contributed by atoms with E-state index in [1.165, 1.54) is 19.2 Å². The van der Waals surface area contributed by atoms with Crippen LogP contribution in [0.4, 0.5) is 9.18 Å². The van der Waals surface area contributed by atoms with E-state index in [-0.39, 0.29) is 56.4 Å². The first-order valence-electron chi connectivity index (χ1n) is 22.5. The molecule has 2 N–H and O–H groups in total. The molecule has 2 aliphatic heterocycles. The first-order chi connectivity index (χ1) is 30.8. The van der Waals surface area contributed by atoms with E-state index in [1.807, 2.05) is 42.5 Å². The lowest BCUT2D eigenvalue weighted by atomic mass is 9.55. The average Bonchev–Trinajstić information content (AvgIpc) is 3.31. The molecule has 11 nitrogen and oxygen atoms in total. The quantitative estimate of drug-likeness (QED) is 0.0571. The average molecular weight is 863 g/mol. The fourth-order valence-electron chi connectivity index (χ4n) is 10.2. The number of methoxy groups -OCH3 is 1. The molecule has 4 aromatic rings. The number of carbonyl (C=O) groups excluding carboxylic acids is 1. The number of allylic oxidation sites excluding steroid dienone is 1. The Balaban J connectivity index is 1.32. The number of ether oxygens (including phenoxy) is 5. The van der Waals surface area contributed by atoms with Crippen molar-refractivity contribution in [2.24, 2.45) is 22.9 Å². The molecule has 12 heteroatoms. The summed E-state index contributed by atoms with van der Waals surface area (Å²) in [6.45, 7) is 4.93. The molecule has 1 unspecified atom stereocenters. The number of oxime groups is 1. The smallest absolute Gasteiger partial charge is 0.410 e. The number of hydrogen-bond donors (Lipinski definition) is 2. The summed E-state index contributed by atoms with van der Waals surface area (Å²) in [5.74, 6) is -0.702. The Kier molecular flexibility index (Phi) is 14.4. The summed E-state index contributed by atoms with van der Waals surface area (Å²) in [6.07, 6.45) is 10.1. The Morgan fingerprint density at radius 2 is 1.71 bits per heavy atom. The fraction of sp³-hybridized carbons (Fsp3) is 0.451. The van der Waals surface area contributed by atoms with Gasteiger partial charge in [0.2, 0.25) is 12.1 Å². The summed E-state index contributed by atoms with van der Waals surface area (Å²) in [4.78, 5) is 22.1. The van der Waals surface area contributed by atoms with Gasteiger partial charge in [-0.15, -0.1) is 6.58 Å². The van der Waals surface area contributed by atoms with Gasteiger partial charge < -0.3 is 38.7 Å². The second kappa shape index (κ2) is 20.5. The molecule has 8 rings (SSSR count). The molecule has 2 heterocycles. The normalized spacial score (nSPS) is 25.6. The number of unbranched alkanes of at least 4 members (excludes halogenated alkanes) is 2. The van der Waals surface area contributed by atoms with E-state index in [9.17, 15) is 19.4 Å². The van der Waals surface area contributed by atoms with Crippen LogP contribution in [-0.4, -0.2) is 78.6 Å². The highest BCUT2D eigenvalue weighted by molar-refractivity contribution is 6.03. The van der Waals surface area contributed by atoms with Crippen molar-refractivity contribution in [2.45, 2.75) is 94.8 Å². The molecule has 4 aliphatic rings. The number of carbonyl (C=O) groups is 1. The van der Waals surface area contributed by atoms with Crippen molar-refractivity contribution in [3.8, 4) is 17.2 Å². The lowest BCUT2D eigenvalue weighted by molar-refractivity contribution is -0.256. The van der Waals surface area contributed by atoms with Gasteiger partial charge in [0.15, 0.2) is 0 Å². The molecular formula is C51H59FN2O9. The zero-order valence-corrected chi connectivity index (χ0v) is 36.0. The zero-order chi connectivity index (χ0) is 43.8. The predicted molar refractivity (Wildman–Crippen MR) is 238 cm³/mol. The van der Waals surface area contributed by atoms with Gasteiger partial charge in [-0.3, -0.25) is 4.90 Å². The Morgan fingerprint density at radius 1 is 0.952 bits per heavy atom. The molecule has 0 radical (unpaired) electrons. The maximum atomic E-state index is 14.2. The predicted octanol–water partition coefficient (Wildman–Crippen LogP) is 10.2. The van der Waals surface area contributed by atoms with E-state index in [0.29, 0.717) is 54.4 Å². The van der Waals surface area contributed by atoms with Gasteiger partial charge in [0.05, 0.1) is 32.0 Å². The summed E-state index contributed by atoms with van der Waals surface area (Å²) in [7, 11) is 1.34. The number of halogens is 1. The molecule has 0 bridgehead atoms. The first kappa shape index (κ1) is 44.3. The van der Waals surface area contributed by atoms with E-state index in [2.05, 4.69) is 30.9 Å². The molecule has 2 fully saturated rings. The highest BCUT2D eigenvalue weighted by Gasteiger charge is 2.65. The van der Waals surface area contributed by atoms with Gasteiger partial charge in [0, 0.05) is 44.1 Å². The van der Waals surface area contributed by atoms with Crippen molar-refractivity contribution in [2.75, 3.05) is 33.5 Å². The lowest BCUT2D eigenvalue weighted by Crippen LogP contribution is -2.70. The molecule has 2 aliphatic carbocycles. The van der Waals surface area contributed by atoms with Crippen LogP contribution in [0.25, 0.3) is 10.8 Å². The Labute approximate surface area is 369 Å². The van der Waals surface area contributed by atoms with Crippen molar-refractivity contribution < 1.29 is 47.9 Å². The topological polar surface area (TPSA) is 129 Å². The van der Waals surface area contributed by atoms with Gasteiger partial charge >= 0.3 is 6.09 Å². The maximum Gasteiger partial charge on any atom is 0.410 e. The molecule has 63 heavy (non-hydrogen) atoms.